The third-order valence-corrected chi connectivity index (χ3v) is 2.88. The lowest BCUT2D eigenvalue weighted by Crippen LogP contribution is -2.45. The fourth-order valence-corrected chi connectivity index (χ4v) is 2.01. The molecule has 0 radical (unpaired) electrons. The molecule has 0 saturated carbocycles. The molecule has 2 heterocycles. The van der Waals surface area contributed by atoms with Crippen molar-refractivity contribution >= 4 is 34.2 Å². The first-order valence-corrected chi connectivity index (χ1v) is 5.80. The molecule has 4 nitrogen and oxygen atoms in total. The van der Waals surface area contributed by atoms with Crippen molar-refractivity contribution in [2.24, 2.45) is 0 Å². The van der Waals surface area contributed by atoms with Gasteiger partial charge in [-0.2, -0.15) is 0 Å². The van der Waals surface area contributed by atoms with Crippen molar-refractivity contribution in [3.05, 3.63) is 22.6 Å². The van der Waals surface area contributed by atoms with Crippen molar-refractivity contribution < 1.29 is 9.21 Å². The number of hydrogen-bond acceptors (Lipinski definition) is 3. The number of halogens is 2. The normalized spacial score (nSPS) is 19.9. The predicted molar refractivity (Wildman–Crippen MR) is 67.0 cm³/mol. The Balaban J connectivity index is 0.00000128. The van der Waals surface area contributed by atoms with Gasteiger partial charge < -0.3 is 15.1 Å². The Morgan fingerprint density at radius 1 is 1.62 bits per heavy atom. The summed E-state index contributed by atoms with van der Waals surface area (Å²) in [6.07, 6.45) is 3.60. The van der Waals surface area contributed by atoms with Crippen LogP contribution in [0.25, 0.3) is 0 Å². The van der Waals surface area contributed by atoms with Crippen LogP contribution in [0.1, 0.15) is 23.2 Å². The standard InChI is InChI=1S/C10H13BrN2O2.ClH/c11-9-4-7(6-15-9)10(14)13-8-2-1-3-12-5-8;/h4,6,8,12H,1-3,5H2,(H,13,14);1H/t8-;/m1./s1. The maximum absolute atomic E-state index is 11.7. The minimum Gasteiger partial charge on any atom is -0.457 e. The molecular formula is C10H14BrClN2O2. The lowest BCUT2D eigenvalue weighted by atomic mass is 10.1. The van der Waals surface area contributed by atoms with Gasteiger partial charge in [0.2, 0.25) is 0 Å². The Morgan fingerprint density at radius 2 is 2.44 bits per heavy atom. The molecule has 1 aromatic heterocycles. The predicted octanol–water partition coefficient (Wildman–Crippen LogP) is 1.95. The Bertz CT molecular complexity index is 350. The van der Waals surface area contributed by atoms with Gasteiger partial charge in [-0.25, -0.2) is 0 Å². The summed E-state index contributed by atoms with van der Waals surface area (Å²) in [6, 6.07) is 1.91. The van der Waals surface area contributed by atoms with Gasteiger partial charge in [0.15, 0.2) is 4.67 Å². The second kappa shape index (κ2) is 6.27. The van der Waals surface area contributed by atoms with Crippen molar-refractivity contribution in [1.29, 1.82) is 0 Å². The van der Waals surface area contributed by atoms with Crippen LogP contribution in [0.4, 0.5) is 0 Å². The van der Waals surface area contributed by atoms with E-state index in [1.54, 1.807) is 6.07 Å². The number of hydrogen-bond donors (Lipinski definition) is 2. The quantitative estimate of drug-likeness (QED) is 0.878. The maximum atomic E-state index is 11.7. The van der Waals surface area contributed by atoms with Crippen molar-refractivity contribution in [3.63, 3.8) is 0 Å². The topological polar surface area (TPSA) is 54.3 Å². The maximum Gasteiger partial charge on any atom is 0.254 e. The minimum atomic E-state index is -0.0712. The van der Waals surface area contributed by atoms with Gasteiger partial charge in [0.25, 0.3) is 5.91 Å². The molecule has 0 aromatic carbocycles. The average molecular weight is 310 g/mol. The number of carbonyl (C=O) groups is 1. The first-order chi connectivity index (χ1) is 7.25. The monoisotopic (exact) mass is 308 g/mol. The number of amides is 1. The number of furan rings is 1. The number of carbonyl (C=O) groups excluding carboxylic acids is 1. The van der Waals surface area contributed by atoms with Crippen LogP contribution in [-0.4, -0.2) is 25.0 Å². The molecule has 2 N–H and O–H groups in total. The zero-order valence-electron chi connectivity index (χ0n) is 8.66. The summed E-state index contributed by atoms with van der Waals surface area (Å²) in [7, 11) is 0. The molecule has 1 aliphatic rings. The highest BCUT2D eigenvalue weighted by Gasteiger charge is 2.17. The Labute approximate surface area is 109 Å². The SMILES string of the molecule is Cl.O=C(N[C@@H]1CCCNC1)c1coc(Br)c1. The van der Waals surface area contributed by atoms with Gasteiger partial charge in [-0.15, -0.1) is 12.4 Å². The molecule has 1 aliphatic heterocycles. The molecular weight excluding hydrogens is 295 g/mol. The van der Waals surface area contributed by atoms with Crippen LogP contribution in [0.3, 0.4) is 0 Å². The number of nitrogens with one attached hydrogen (secondary N) is 2. The molecule has 2 rings (SSSR count). The van der Waals surface area contributed by atoms with Crippen molar-refractivity contribution in [2.45, 2.75) is 18.9 Å². The van der Waals surface area contributed by atoms with E-state index in [0.717, 1.165) is 25.9 Å². The molecule has 16 heavy (non-hydrogen) atoms. The zero-order valence-corrected chi connectivity index (χ0v) is 11.1. The second-order valence-corrected chi connectivity index (χ2v) is 4.44. The van der Waals surface area contributed by atoms with Crippen LogP contribution in [0.5, 0.6) is 0 Å². The average Bonchev–Trinajstić information content (AvgIpc) is 2.66. The van der Waals surface area contributed by atoms with E-state index in [1.165, 1.54) is 6.26 Å². The Morgan fingerprint density at radius 3 is 3.00 bits per heavy atom. The molecule has 90 valence electrons. The van der Waals surface area contributed by atoms with Gasteiger partial charge in [-0.05, 0) is 35.3 Å². The molecule has 0 aliphatic carbocycles. The van der Waals surface area contributed by atoms with E-state index in [0.29, 0.717) is 10.2 Å². The van der Waals surface area contributed by atoms with E-state index in [9.17, 15) is 4.79 Å². The number of piperidine rings is 1. The van der Waals surface area contributed by atoms with Crippen molar-refractivity contribution in [2.75, 3.05) is 13.1 Å². The molecule has 0 spiro atoms. The molecule has 1 saturated heterocycles. The summed E-state index contributed by atoms with van der Waals surface area (Å²) in [5, 5.41) is 6.22. The van der Waals surface area contributed by atoms with Crippen molar-refractivity contribution in [3.8, 4) is 0 Å². The Hall–Kier alpha value is -0.520. The van der Waals surface area contributed by atoms with E-state index in [1.807, 2.05) is 0 Å². The van der Waals surface area contributed by atoms with Crippen LogP contribution in [0.15, 0.2) is 21.4 Å². The Kier molecular flexibility index (Phi) is 5.31. The minimum absolute atomic E-state index is 0. The summed E-state index contributed by atoms with van der Waals surface area (Å²) < 4.78 is 5.59. The number of rotatable bonds is 2. The van der Waals surface area contributed by atoms with E-state index >= 15 is 0 Å². The largest absolute Gasteiger partial charge is 0.457 e. The summed E-state index contributed by atoms with van der Waals surface area (Å²) in [5.41, 5.74) is 0.562. The van der Waals surface area contributed by atoms with Crippen LogP contribution in [-0.2, 0) is 0 Å². The van der Waals surface area contributed by atoms with E-state index in [2.05, 4.69) is 26.6 Å². The fraction of sp³-hybridized carbons (Fsp3) is 0.500. The van der Waals surface area contributed by atoms with Gasteiger partial charge >= 0.3 is 0 Å². The molecule has 1 amide bonds. The highest BCUT2D eigenvalue weighted by molar-refractivity contribution is 9.10. The summed E-state index contributed by atoms with van der Waals surface area (Å²) in [6.45, 7) is 1.90. The van der Waals surface area contributed by atoms with E-state index < -0.39 is 0 Å². The highest BCUT2D eigenvalue weighted by Crippen LogP contribution is 2.14. The fourth-order valence-electron chi connectivity index (χ4n) is 1.67. The first kappa shape index (κ1) is 13.5. The summed E-state index contributed by atoms with van der Waals surface area (Å²) in [4.78, 5) is 11.7. The van der Waals surface area contributed by atoms with Gasteiger partial charge in [-0.3, -0.25) is 4.79 Å². The third-order valence-electron chi connectivity index (χ3n) is 2.46. The third kappa shape index (κ3) is 3.50. The van der Waals surface area contributed by atoms with Crippen molar-refractivity contribution in [1.82, 2.24) is 10.6 Å². The van der Waals surface area contributed by atoms with Crippen LogP contribution >= 0.6 is 28.3 Å². The van der Waals surface area contributed by atoms with Crippen LogP contribution < -0.4 is 10.6 Å². The smallest absolute Gasteiger partial charge is 0.254 e. The zero-order chi connectivity index (χ0) is 10.7. The van der Waals surface area contributed by atoms with Gasteiger partial charge in [0, 0.05) is 18.7 Å². The summed E-state index contributed by atoms with van der Waals surface area (Å²) in [5.74, 6) is -0.0712. The highest BCUT2D eigenvalue weighted by atomic mass is 79.9. The van der Waals surface area contributed by atoms with Gasteiger partial charge in [0.1, 0.15) is 6.26 Å². The van der Waals surface area contributed by atoms with E-state index in [-0.39, 0.29) is 24.4 Å². The molecule has 0 bridgehead atoms. The summed E-state index contributed by atoms with van der Waals surface area (Å²) >= 11 is 3.17. The lowest BCUT2D eigenvalue weighted by molar-refractivity contribution is 0.0930. The molecule has 1 aromatic rings. The second-order valence-electron chi connectivity index (χ2n) is 3.66. The molecule has 6 heteroatoms. The van der Waals surface area contributed by atoms with Gasteiger partial charge in [0.05, 0.1) is 5.56 Å². The van der Waals surface area contributed by atoms with Crippen LogP contribution in [0, 0.1) is 0 Å². The first-order valence-electron chi connectivity index (χ1n) is 5.01. The molecule has 0 unspecified atom stereocenters. The van der Waals surface area contributed by atoms with Crippen LogP contribution in [0.2, 0.25) is 0 Å². The lowest BCUT2D eigenvalue weighted by Gasteiger charge is -2.23. The molecule has 1 atom stereocenters. The van der Waals surface area contributed by atoms with Gasteiger partial charge in [-0.1, -0.05) is 0 Å². The van der Waals surface area contributed by atoms with E-state index in [4.69, 9.17) is 4.42 Å². The molecule has 1 fully saturated rings.